The van der Waals surface area contributed by atoms with Gasteiger partial charge < -0.3 is 10.6 Å². The second-order valence-corrected chi connectivity index (χ2v) is 3.16. The summed E-state index contributed by atoms with van der Waals surface area (Å²) in [6.45, 7) is 4.30. The van der Waals surface area contributed by atoms with E-state index in [1.807, 2.05) is 0 Å². The molecule has 84 valence electrons. The zero-order chi connectivity index (χ0) is 11.1. The highest BCUT2D eigenvalue weighted by molar-refractivity contribution is 5.35. The Morgan fingerprint density at radius 2 is 2.07 bits per heavy atom. The highest BCUT2D eigenvalue weighted by Gasteiger charge is 2.03. The van der Waals surface area contributed by atoms with E-state index in [0.29, 0.717) is 6.54 Å². The van der Waals surface area contributed by atoms with E-state index in [1.54, 1.807) is 0 Å². The molecule has 5 heteroatoms. The van der Waals surface area contributed by atoms with Crippen molar-refractivity contribution in [3.05, 3.63) is 23.9 Å². The molecule has 0 unspecified atom stereocenters. The Bertz CT molecular complexity index is 305. The number of rotatable bonds is 6. The number of halogens is 2. The average Bonchev–Trinajstić information content (AvgIpc) is 2.20. The van der Waals surface area contributed by atoms with Crippen molar-refractivity contribution in [3.63, 3.8) is 0 Å². The smallest absolute Gasteiger partial charge is 0.168 e. The van der Waals surface area contributed by atoms with E-state index >= 15 is 0 Å². The number of hydrogen-bond donors (Lipinski definition) is 2. The molecule has 0 spiro atoms. The predicted octanol–water partition coefficient (Wildman–Crippen LogP) is 1.77. The minimum absolute atomic E-state index is 0.0923. The van der Waals surface area contributed by atoms with Crippen LogP contribution in [0.15, 0.2) is 12.3 Å². The summed E-state index contributed by atoms with van der Waals surface area (Å²) in [6.07, 6.45) is 2.05. The van der Waals surface area contributed by atoms with Crippen molar-refractivity contribution in [2.45, 2.75) is 13.3 Å². The molecule has 1 aromatic heterocycles. The summed E-state index contributed by atoms with van der Waals surface area (Å²) in [4.78, 5) is 3.61. The Hall–Kier alpha value is -1.23. The number of aromatic nitrogens is 1. The topological polar surface area (TPSA) is 37.0 Å². The van der Waals surface area contributed by atoms with Gasteiger partial charge in [-0.2, -0.15) is 0 Å². The first kappa shape index (κ1) is 11.8. The molecule has 0 aliphatic carbocycles. The van der Waals surface area contributed by atoms with Crippen molar-refractivity contribution in [3.8, 4) is 0 Å². The Balaban J connectivity index is 2.31. The van der Waals surface area contributed by atoms with E-state index in [4.69, 9.17) is 0 Å². The van der Waals surface area contributed by atoms with Crippen LogP contribution in [0.25, 0.3) is 0 Å². The molecule has 1 rings (SSSR count). The van der Waals surface area contributed by atoms with E-state index in [9.17, 15) is 8.78 Å². The quantitative estimate of drug-likeness (QED) is 0.710. The van der Waals surface area contributed by atoms with Gasteiger partial charge in [-0.15, -0.1) is 0 Å². The van der Waals surface area contributed by atoms with Crippen molar-refractivity contribution < 1.29 is 8.78 Å². The molecular formula is C10H15F2N3. The van der Waals surface area contributed by atoms with Crippen LogP contribution in [0.1, 0.15) is 13.3 Å². The second kappa shape index (κ2) is 6.29. The maximum absolute atomic E-state index is 13.0. The Labute approximate surface area is 87.9 Å². The fourth-order valence-electron chi connectivity index (χ4n) is 1.12. The summed E-state index contributed by atoms with van der Waals surface area (Å²) in [5.41, 5.74) is 0. The molecule has 1 aromatic rings. The van der Waals surface area contributed by atoms with E-state index in [2.05, 4.69) is 22.5 Å². The van der Waals surface area contributed by atoms with E-state index in [-0.39, 0.29) is 5.82 Å². The van der Waals surface area contributed by atoms with Crippen molar-refractivity contribution in [2.75, 3.05) is 25.0 Å². The van der Waals surface area contributed by atoms with Gasteiger partial charge in [-0.05, 0) is 13.0 Å². The van der Waals surface area contributed by atoms with Crippen LogP contribution < -0.4 is 10.6 Å². The molecule has 1 heterocycles. The molecule has 3 nitrogen and oxygen atoms in total. The molecule has 0 saturated heterocycles. The van der Waals surface area contributed by atoms with Gasteiger partial charge in [-0.1, -0.05) is 6.92 Å². The lowest BCUT2D eigenvalue weighted by Gasteiger charge is -2.06. The Morgan fingerprint density at radius 3 is 2.73 bits per heavy atom. The second-order valence-electron chi connectivity index (χ2n) is 3.16. The van der Waals surface area contributed by atoms with Crippen LogP contribution in [0, 0.1) is 11.6 Å². The van der Waals surface area contributed by atoms with Gasteiger partial charge in [0, 0.05) is 19.2 Å². The van der Waals surface area contributed by atoms with Crippen LogP contribution in [-0.4, -0.2) is 24.6 Å². The highest BCUT2D eigenvalue weighted by Crippen LogP contribution is 2.10. The first-order chi connectivity index (χ1) is 7.24. The van der Waals surface area contributed by atoms with E-state index < -0.39 is 11.6 Å². The largest absolute Gasteiger partial charge is 0.366 e. The third-order valence-electron chi connectivity index (χ3n) is 1.83. The maximum atomic E-state index is 13.0. The van der Waals surface area contributed by atoms with Gasteiger partial charge in [0.1, 0.15) is 5.82 Å². The van der Waals surface area contributed by atoms with Crippen molar-refractivity contribution in [2.24, 2.45) is 0 Å². The summed E-state index contributed by atoms with van der Waals surface area (Å²) in [5.74, 6) is -1.23. The summed E-state index contributed by atoms with van der Waals surface area (Å²) >= 11 is 0. The molecule has 0 bridgehead atoms. The molecule has 0 aliphatic rings. The normalized spacial score (nSPS) is 10.3. The number of anilines is 1. The molecule has 0 saturated carbocycles. The summed E-state index contributed by atoms with van der Waals surface area (Å²) < 4.78 is 25.5. The van der Waals surface area contributed by atoms with E-state index in [0.717, 1.165) is 31.8 Å². The Kier molecular flexibility index (Phi) is 4.97. The lowest BCUT2D eigenvalue weighted by Crippen LogP contribution is -2.23. The molecule has 0 radical (unpaired) electrons. The molecule has 0 aliphatic heterocycles. The number of hydrogen-bond acceptors (Lipinski definition) is 3. The lowest BCUT2D eigenvalue weighted by atomic mass is 10.4. The van der Waals surface area contributed by atoms with Crippen molar-refractivity contribution in [1.82, 2.24) is 10.3 Å². The third kappa shape index (κ3) is 4.20. The molecule has 15 heavy (non-hydrogen) atoms. The van der Waals surface area contributed by atoms with Gasteiger partial charge in [0.15, 0.2) is 11.6 Å². The minimum Gasteiger partial charge on any atom is -0.366 e. The molecule has 0 amide bonds. The Morgan fingerprint density at radius 1 is 1.27 bits per heavy atom. The fourth-order valence-corrected chi connectivity index (χ4v) is 1.12. The average molecular weight is 215 g/mol. The first-order valence-corrected chi connectivity index (χ1v) is 4.99. The number of nitrogens with one attached hydrogen (secondary N) is 2. The predicted molar refractivity (Wildman–Crippen MR) is 55.8 cm³/mol. The van der Waals surface area contributed by atoms with Crippen LogP contribution >= 0.6 is 0 Å². The highest BCUT2D eigenvalue weighted by atomic mass is 19.1. The van der Waals surface area contributed by atoms with Crippen LogP contribution in [-0.2, 0) is 0 Å². The summed E-state index contributed by atoms with van der Waals surface area (Å²) in [6, 6.07) is 0.814. The van der Waals surface area contributed by atoms with Crippen LogP contribution in [0.4, 0.5) is 14.6 Å². The monoisotopic (exact) mass is 215 g/mol. The van der Waals surface area contributed by atoms with Crippen molar-refractivity contribution >= 4 is 5.82 Å². The zero-order valence-corrected chi connectivity index (χ0v) is 8.69. The van der Waals surface area contributed by atoms with Gasteiger partial charge in [-0.25, -0.2) is 13.8 Å². The third-order valence-corrected chi connectivity index (χ3v) is 1.83. The minimum atomic E-state index is -0.665. The molecule has 0 atom stereocenters. The summed E-state index contributed by atoms with van der Waals surface area (Å²) in [5, 5.41) is 5.93. The van der Waals surface area contributed by atoms with Crippen LogP contribution in [0.3, 0.4) is 0 Å². The van der Waals surface area contributed by atoms with Gasteiger partial charge in [0.25, 0.3) is 0 Å². The standard InChI is InChI=1S/C10H15F2N3/c1-2-3-13-4-5-14-10-9(12)6-8(11)7-15-10/h6-7,13H,2-5H2,1H3,(H,14,15). The lowest BCUT2D eigenvalue weighted by molar-refractivity contribution is 0.575. The molecule has 0 fully saturated rings. The summed E-state index contributed by atoms with van der Waals surface area (Å²) in [7, 11) is 0. The van der Waals surface area contributed by atoms with Crippen molar-refractivity contribution in [1.29, 1.82) is 0 Å². The SMILES string of the molecule is CCCNCCNc1ncc(F)cc1F. The molecule has 2 N–H and O–H groups in total. The maximum Gasteiger partial charge on any atom is 0.168 e. The van der Waals surface area contributed by atoms with Gasteiger partial charge in [0.2, 0.25) is 0 Å². The van der Waals surface area contributed by atoms with E-state index in [1.165, 1.54) is 0 Å². The molecular weight excluding hydrogens is 200 g/mol. The fraction of sp³-hybridized carbons (Fsp3) is 0.500. The molecule has 0 aromatic carbocycles. The van der Waals surface area contributed by atoms with Crippen LogP contribution in [0.2, 0.25) is 0 Å². The zero-order valence-electron chi connectivity index (χ0n) is 8.69. The van der Waals surface area contributed by atoms with Gasteiger partial charge in [-0.3, -0.25) is 0 Å². The van der Waals surface area contributed by atoms with Gasteiger partial charge >= 0.3 is 0 Å². The van der Waals surface area contributed by atoms with Crippen LogP contribution in [0.5, 0.6) is 0 Å². The first-order valence-electron chi connectivity index (χ1n) is 4.99. The number of pyridine rings is 1. The number of nitrogens with zero attached hydrogens (tertiary/aromatic N) is 1. The van der Waals surface area contributed by atoms with Gasteiger partial charge in [0.05, 0.1) is 6.20 Å².